The van der Waals surface area contributed by atoms with Crippen molar-refractivity contribution in [2.75, 3.05) is 6.61 Å². The summed E-state index contributed by atoms with van der Waals surface area (Å²) in [6, 6.07) is 3.65. The zero-order valence-electron chi connectivity index (χ0n) is 9.43. The molecule has 0 spiro atoms. The number of aliphatic carboxylic acids is 1. The molecule has 0 aromatic carbocycles. The Morgan fingerprint density at radius 2 is 2.31 bits per heavy atom. The monoisotopic (exact) mass is 221 g/mol. The second-order valence-electron chi connectivity index (χ2n) is 3.33. The molecule has 4 nitrogen and oxygen atoms in total. The molecule has 16 heavy (non-hydrogen) atoms. The summed E-state index contributed by atoms with van der Waals surface area (Å²) in [6.45, 7) is 3.94. The number of pyridine rings is 1. The largest absolute Gasteiger partial charge is 0.488 e. The fourth-order valence-corrected chi connectivity index (χ4v) is 1.16. The predicted molar refractivity (Wildman–Crippen MR) is 60.5 cm³/mol. The van der Waals surface area contributed by atoms with E-state index in [0.29, 0.717) is 17.7 Å². The maximum absolute atomic E-state index is 10.7. The molecule has 0 unspecified atom stereocenters. The molecule has 0 aliphatic heterocycles. The molecule has 1 N–H and O–H groups in total. The molecule has 0 aliphatic carbocycles. The van der Waals surface area contributed by atoms with Gasteiger partial charge < -0.3 is 9.84 Å². The fraction of sp³-hybridized carbons (Fsp3) is 0.333. The van der Waals surface area contributed by atoms with E-state index >= 15 is 0 Å². The van der Waals surface area contributed by atoms with Gasteiger partial charge in [-0.15, -0.1) is 0 Å². The van der Waals surface area contributed by atoms with Gasteiger partial charge in [-0.2, -0.15) is 0 Å². The highest BCUT2D eigenvalue weighted by molar-refractivity contribution is 5.86. The van der Waals surface area contributed by atoms with Crippen LogP contribution in [0.1, 0.15) is 19.0 Å². The third-order valence-electron chi connectivity index (χ3n) is 2.12. The summed E-state index contributed by atoms with van der Waals surface area (Å²) >= 11 is 0. The summed E-state index contributed by atoms with van der Waals surface area (Å²) in [7, 11) is 0. The third-order valence-corrected chi connectivity index (χ3v) is 2.12. The minimum Gasteiger partial charge on any atom is -0.488 e. The number of nitrogens with zero attached hydrogens (tertiary/aromatic N) is 1. The van der Waals surface area contributed by atoms with Gasteiger partial charge in [-0.25, -0.2) is 4.79 Å². The maximum atomic E-state index is 10.7. The number of aryl methyl sites for hydroxylation is 1. The highest BCUT2D eigenvalue weighted by atomic mass is 16.5. The van der Waals surface area contributed by atoms with Crippen LogP contribution in [-0.4, -0.2) is 22.7 Å². The van der Waals surface area contributed by atoms with E-state index in [0.717, 1.165) is 5.69 Å². The molecule has 1 rings (SSSR count). The van der Waals surface area contributed by atoms with E-state index in [4.69, 9.17) is 9.84 Å². The highest BCUT2D eigenvalue weighted by Crippen LogP contribution is 2.09. The molecule has 86 valence electrons. The second kappa shape index (κ2) is 5.90. The average Bonchev–Trinajstić information content (AvgIpc) is 2.26. The van der Waals surface area contributed by atoms with E-state index in [1.807, 2.05) is 19.1 Å². The summed E-state index contributed by atoms with van der Waals surface area (Å²) < 4.78 is 5.34. The molecule has 0 saturated carbocycles. The average molecular weight is 221 g/mol. The van der Waals surface area contributed by atoms with Gasteiger partial charge in [-0.05, 0) is 31.6 Å². The van der Waals surface area contributed by atoms with Crippen molar-refractivity contribution in [3.63, 3.8) is 0 Å². The quantitative estimate of drug-likeness (QED) is 0.774. The van der Waals surface area contributed by atoms with Gasteiger partial charge >= 0.3 is 5.97 Å². The Labute approximate surface area is 94.6 Å². The van der Waals surface area contributed by atoms with Crippen molar-refractivity contribution in [2.45, 2.75) is 20.3 Å². The van der Waals surface area contributed by atoms with Crippen LogP contribution in [0, 0.1) is 6.92 Å². The number of carboxylic acid groups (broad SMARTS) is 1. The van der Waals surface area contributed by atoms with Gasteiger partial charge in [0.15, 0.2) is 0 Å². The third kappa shape index (κ3) is 3.73. The van der Waals surface area contributed by atoms with Crippen molar-refractivity contribution in [3.05, 3.63) is 35.7 Å². The number of carbonyl (C=O) groups is 1. The number of ether oxygens (including phenoxy) is 1. The molecule has 1 aromatic rings. The Balaban J connectivity index is 2.52. The normalized spacial score (nSPS) is 11.2. The van der Waals surface area contributed by atoms with Crippen LogP contribution in [0.2, 0.25) is 0 Å². The first-order valence-corrected chi connectivity index (χ1v) is 5.11. The topological polar surface area (TPSA) is 59.4 Å². The van der Waals surface area contributed by atoms with Crippen molar-refractivity contribution < 1.29 is 14.6 Å². The lowest BCUT2D eigenvalue weighted by atomic mass is 10.2. The van der Waals surface area contributed by atoms with Crippen molar-refractivity contribution in [2.24, 2.45) is 0 Å². The van der Waals surface area contributed by atoms with Crippen molar-refractivity contribution in [1.29, 1.82) is 0 Å². The minimum atomic E-state index is -0.895. The molecule has 0 amide bonds. The van der Waals surface area contributed by atoms with Gasteiger partial charge in [0, 0.05) is 11.3 Å². The first-order valence-electron chi connectivity index (χ1n) is 5.11. The molecule has 0 bridgehead atoms. The van der Waals surface area contributed by atoms with Gasteiger partial charge in [-0.3, -0.25) is 4.98 Å². The standard InChI is InChI=1S/C12H15NO3/c1-3-10(12(14)15)6-7-16-11-5-4-9(2)13-8-11/h4-6,8H,3,7H2,1-2H3,(H,14,15). The first kappa shape index (κ1) is 12.2. The molecule has 1 heterocycles. The van der Waals surface area contributed by atoms with Crippen LogP contribution in [0.25, 0.3) is 0 Å². The Bertz CT molecular complexity index is 382. The number of rotatable bonds is 5. The zero-order chi connectivity index (χ0) is 12.0. The van der Waals surface area contributed by atoms with Crippen molar-refractivity contribution in [1.82, 2.24) is 4.98 Å². The van der Waals surface area contributed by atoms with Crippen LogP contribution >= 0.6 is 0 Å². The Morgan fingerprint density at radius 3 is 2.81 bits per heavy atom. The van der Waals surface area contributed by atoms with Crippen LogP contribution in [-0.2, 0) is 4.79 Å². The van der Waals surface area contributed by atoms with E-state index in [9.17, 15) is 4.79 Å². The molecule has 0 aliphatic rings. The number of aromatic nitrogens is 1. The van der Waals surface area contributed by atoms with E-state index in [1.165, 1.54) is 0 Å². The molecule has 0 atom stereocenters. The van der Waals surface area contributed by atoms with Crippen molar-refractivity contribution >= 4 is 5.97 Å². The predicted octanol–water partition coefficient (Wildman–Crippen LogP) is 2.19. The van der Waals surface area contributed by atoms with E-state index in [2.05, 4.69) is 4.98 Å². The van der Waals surface area contributed by atoms with E-state index in [1.54, 1.807) is 19.2 Å². The van der Waals surface area contributed by atoms with E-state index in [-0.39, 0.29) is 6.61 Å². The highest BCUT2D eigenvalue weighted by Gasteiger charge is 2.03. The lowest BCUT2D eigenvalue weighted by Crippen LogP contribution is -2.03. The van der Waals surface area contributed by atoms with Gasteiger partial charge in [-0.1, -0.05) is 6.92 Å². The van der Waals surface area contributed by atoms with Crippen LogP contribution in [0.5, 0.6) is 5.75 Å². The van der Waals surface area contributed by atoms with Crippen LogP contribution < -0.4 is 4.74 Å². The maximum Gasteiger partial charge on any atom is 0.331 e. The Hall–Kier alpha value is -1.84. The summed E-state index contributed by atoms with van der Waals surface area (Å²) in [6.07, 6.45) is 3.68. The van der Waals surface area contributed by atoms with Crippen LogP contribution in [0.15, 0.2) is 30.0 Å². The van der Waals surface area contributed by atoms with Gasteiger partial charge in [0.25, 0.3) is 0 Å². The van der Waals surface area contributed by atoms with Crippen LogP contribution in [0.3, 0.4) is 0 Å². The van der Waals surface area contributed by atoms with Gasteiger partial charge in [0.1, 0.15) is 12.4 Å². The second-order valence-corrected chi connectivity index (χ2v) is 3.33. The lowest BCUT2D eigenvalue weighted by Gasteiger charge is -2.03. The fourth-order valence-electron chi connectivity index (χ4n) is 1.16. The summed E-state index contributed by atoms with van der Waals surface area (Å²) in [4.78, 5) is 14.8. The lowest BCUT2D eigenvalue weighted by molar-refractivity contribution is -0.132. The molecule has 0 fully saturated rings. The summed E-state index contributed by atoms with van der Waals surface area (Å²) in [5.74, 6) is -0.254. The molecule has 0 saturated heterocycles. The SMILES string of the molecule is CCC(=CCOc1ccc(C)nc1)C(=O)O. The zero-order valence-corrected chi connectivity index (χ0v) is 9.43. The molecule has 4 heteroatoms. The Kier molecular flexibility index (Phi) is 4.51. The summed E-state index contributed by atoms with van der Waals surface area (Å²) in [5.41, 5.74) is 1.28. The molecular formula is C12H15NO3. The van der Waals surface area contributed by atoms with Gasteiger partial charge in [0.2, 0.25) is 0 Å². The smallest absolute Gasteiger partial charge is 0.331 e. The molecule has 1 aromatic heterocycles. The summed E-state index contributed by atoms with van der Waals surface area (Å²) in [5, 5.41) is 8.77. The van der Waals surface area contributed by atoms with Gasteiger partial charge in [0.05, 0.1) is 6.20 Å². The van der Waals surface area contributed by atoms with Crippen molar-refractivity contribution in [3.8, 4) is 5.75 Å². The number of hydrogen-bond donors (Lipinski definition) is 1. The molecule has 0 radical (unpaired) electrons. The number of hydrogen-bond acceptors (Lipinski definition) is 3. The minimum absolute atomic E-state index is 0.250. The van der Waals surface area contributed by atoms with Crippen LogP contribution in [0.4, 0.5) is 0 Å². The Morgan fingerprint density at radius 1 is 1.56 bits per heavy atom. The molecular weight excluding hydrogens is 206 g/mol. The first-order chi connectivity index (χ1) is 7.63. The van der Waals surface area contributed by atoms with E-state index < -0.39 is 5.97 Å². The number of carboxylic acids is 1.